The van der Waals surface area contributed by atoms with Crippen LogP contribution in [0.25, 0.3) is 0 Å². The average Bonchev–Trinajstić information content (AvgIpc) is 2.38. The molecule has 104 valence electrons. The van der Waals surface area contributed by atoms with Gasteiger partial charge in [-0.2, -0.15) is 0 Å². The topological polar surface area (TPSA) is 60.9 Å². The van der Waals surface area contributed by atoms with Crippen molar-refractivity contribution in [2.75, 3.05) is 24.5 Å². The number of rotatable bonds is 5. The van der Waals surface area contributed by atoms with Crippen molar-refractivity contribution in [2.45, 2.75) is 20.8 Å². The molecule has 1 aromatic carbocycles. The zero-order chi connectivity index (χ0) is 14.4. The number of carbonyl (C=O) groups excluding carboxylic acids is 1. The summed E-state index contributed by atoms with van der Waals surface area (Å²) in [5.74, 6) is -1.00. The third-order valence-electron chi connectivity index (χ3n) is 2.93. The van der Waals surface area contributed by atoms with Gasteiger partial charge in [0.1, 0.15) is 6.54 Å². The smallest absolute Gasteiger partial charge is 0.324 e. The van der Waals surface area contributed by atoms with Crippen molar-refractivity contribution in [1.82, 2.24) is 4.90 Å². The Morgan fingerprint density at radius 1 is 1.16 bits per heavy atom. The number of hydrogen-bond donors (Lipinski definition) is 1. The molecule has 5 heteroatoms. The highest BCUT2D eigenvalue weighted by atomic mass is 16.4. The summed E-state index contributed by atoms with van der Waals surface area (Å²) in [5.41, 5.74) is 1.81. The maximum atomic E-state index is 12.4. The van der Waals surface area contributed by atoms with Gasteiger partial charge in [-0.25, -0.2) is 4.79 Å². The zero-order valence-corrected chi connectivity index (χ0v) is 11.6. The fourth-order valence-corrected chi connectivity index (χ4v) is 1.92. The van der Waals surface area contributed by atoms with E-state index in [1.165, 1.54) is 4.90 Å². The molecule has 0 unspecified atom stereocenters. The van der Waals surface area contributed by atoms with Gasteiger partial charge in [-0.15, -0.1) is 0 Å². The van der Waals surface area contributed by atoms with Crippen LogP contribution >= 0.6 is 0 Å². The molecular formula is C14H20N2O3. The van der Waals surface area contributed by atoms with E-state index in [1.807, 2.05) is 38.1 Å². The maximum absolute atomic E-state index is 12.4. The van der Waals surface area contributed by atoms with E-state index in [2.05, 4.69) is 0 Å². The van der Waals surface area contributed by atoms with Gasteiger partial charge in [-0.05, 0) is 32.4 Å². The van der Waals surface area contributed by atoms with Crippen LogP contribution in [0, 0.1) is 6.92 Å². The van der Waals surface area contributed by atoms with Crippen LogP contribution in [0.4, 0.5) is 10.5 Å². The molecule has 0 spiro atoms. The van der Waals surface area contributed by atoms with Crippen molar-refractivity contribution in [3.63, 3.8) is 0 Å². The molecule has 0 heterocycles. The van der Waals surface area contributed by atoms with Crippen LogP contribution in [0.15, 0.2) is 24.3 Å². The number of carboxylic acids is 1. The van der Waals surface area contributed by atoms with Gasteiger partial charge in [0.25, 0.3) is 0 Å². The maximum Gasteiger partial charge on any atom is 0.324 e. The molecule has 0 saturated carbocycles. The first kappa shape index (κ1) is 15.0. The van der Waals surface area contributed by atoms with Gasteiger partial charge in [0.15, 0.2) is 0 Å². The minimum Gasteiger partial charge on any atom is -0.480 e. The molecule has 0 fully saturated rings. The molecular weight excluding hydrogens is 244 g/mol. The summed E-state index contributed by atoms with van der Waals surface area (Å²) in [5, 5.41) is 8.83. The SMILES string of the molecule is CCN(CC(=O)O)C(=O)N(CC)c1ccccc1C. The van der Waals surface area contributed by atoms with Gasteiger partial charge in [0.2, 0.25) is 0 Å². The second kappa shape index (κ2) is 6.78. The van der Waals surface area contributed by atoms with Crippen LogP contribution in [0.5, 0.6) is 0 Å². The number of anilines is 1. The lowest BCUT2D eigenvalue weighted by Crippen LogP contribution is -2.45. The monoisotopic (exact) mass is 264 g/mol. The first-order valence-electron chi connectivity index (χ1n) is 6.35. The van der Waals surface area contributed by atoms with Crippen LogP contribution < -0.4 is 4.90 Å². The Kier molecular flexibility index (Phi) is 5.36. The number of carboxylic acid groups (broad SMARTS) is 1. The fourth-order valence-electron chi connectivity index (χ4n) is 1.92. The van der Waals surface area contributed by atoms with Crippen molar-refractivity contribution >= 4 is 17.7 Å². The molecule has 0 atom stereocenters. The molecule has 19 heavy (non-hydrogen) atoms. The van der Waals surface area contributed by atoms with Crippen molar-refractivity contribution in [2.24, 2.45) is 0 Å². The van der Waals surface area contributed by atoms with E-state index in [-0.39, 0.29) is 12.6 Å². The lowest BCUT2D eigenvalue weighted by molar-refractivity contribution is -0.137. The lowest BCUT2D eigenvalue weighted by atomic mass is 10.2. The number of hydrogen-bond acceptors (Lipinski definition) is 2. The molecule has 0 aliphatic rings. The first-order chi connectivity index (χ1) is 9.01. The van der Waals surface area contributed by atoms with Crippen molar-refractivity contribution < 1.29 is 14.7 Å². The molecule has 0 aliphatic heterocycles. The number of aryl methyl sites for hydroxylation is 1. The van der Waals surface area contributed by atoms with Gasteiger partial charge in [0.05, 0.1) is 0 Å². The molecule has 0 aromatic heterocycles. The summed E-state index contributed by atoms with van der Waals surface area (Å²) in [4.78, 5) is 26.1. The Hall–Kier alpha value is -2.04. The minimum absolute atomic E-state index is 0.276. The van der Waals surface area contributed by atoms with Crippen LogP contribution in [0.3, 0.4) is 0 Å². The predicted molar refractivity (Wildman–Crippen MR) is 74.5 cm³/mol. The highest BCUT2D eigenvalue weighted by Crippen LogP contribution is 2.20. The highest BCUT2D eigenvalue weighted by molar-refractivity contribution is 5.94. The van der Waals surface area contributed by atoms with E-state index >= 15 is 0 Å². The Bertz CT molecular complexity index is 460. The molecule has 1 rings (SSSR count). The van der Waals surface area contributed by atoms with Crippen LogP contribution in [0.1, 0.15) is 19.4 Å². The number of likely N-dealkylation sites (N-methyl/N-ethyl adjacent to an activating group) is 1. The summed E-state index contributed by atoms with van der Waals surface area (Å²) < 4.78 is 0. The number of nitrogens with zero attached hydrogens (tertiary/aromatic N) is 2. The van der Waals surface area contributed by atoms with E-state index in [4.69, 9.17) is 5.11 Å². The van der Waals surface area contributed by atoms with E-state index in [1.54, 1.807) is 11.8 Å². The lowest BCUT2D eigenvalue weighted by Gasteiger charge is -2.29. The van der Waals surface area contributed by atoms with Gasteiger partial charge in [-0.3, -0.25) is 9.69 Å². The van der Waals surface area contributed by atoms with Crippen molar-refractivity contribution in [3.8, 4) is 0 Å². The quantitative estimate of drug-likeness (QED) is 0.888. The number of aliphatic carboxylic acids is 1. The van der Waals surface area contributed by atoms with Crippen LogP contribution in [-0.2, 0) is 4.79 Å². The van der Waals surface area contributed by atoms with Gasteiger partial charge < -0.3 is 10.0 Å². The number of amides is 2. The third-order valence-corrected chi connectivity index (χ3v) is 2.93. The van der Waals surface area contributed by atoms with E-state index in [0.717, 1.165) is 11.3 Å². The van der Waals surface area contributed by atoms with Gasteiger partial charge >= 0.3 is 12.0 Å². The van der Waals surface area contributed by atoms with Crippen LogP contribution in [0.2, 0.25) is 0 Å². The van der Waals surface area contributed by atoms with Crippen molar-refractivity contribution in [3.05, 3.63) is 29.8 Å². The third kappa shape index (κ3) is 3.71. The summed E-state index contributed by atoms with van der Waals surface area (Å²) >= 11 is 0. The van der Waals surface area contributed by atoms with E-state index < -0.39 is 5.97 Å². The van der Waals surface area contributed by atoms with Crippen molar-refractivity contribution in [1.29, 1.82) is 0 Å². The summed E-state index contributed by atoms with van der Waals surface area (Å²) in [6.07, 6.45) is 0. The molecule has 0 bridgehead atoms. The fraction of sp³-hybridized carbons (Fsp3) is 0.429. The summed E-state index contributed by atoms with van der Waals surface area (Å²) in [6.45, 7) is 6.16. The molecule has 2 amide bonds. The minimum atomic E-state index is -1.00. The first-order valence-corrected chi connectivity index (χ1v) is 6.35. The van der Waals surface area contributed by atoms with E-state index in [9.17, 15) is 9.59 Å². The number of carbonyl (C=O) groups is 2. The van der Waals surface area contributed by atoms with E-state index in [0.29, 0.717) is 13.1 Å². The second-order valence-electron chi connectivity index (χ2n) is 4.22. The molecule has 1 aromatic rings. The second-order valence-corrected chi connectivity index (χ2v) is 4.22. The van der Waals surface area contributed by atoms with Gasteiger partial charge in [-0.1, -0.05) is 18.2 Å². The predicted octanol–water partition coefficient (Wildman–Crippen LogP) is 2.35. The Labute approximate surface area is 113 Å². The Morgan fingerprint density at radius 2 is 1.79 bits per heavy atom. The molecule has 0 aliphatic carbocycles. The largest absolute Gasteiger partial charge is 0.480 e. The van der Waals surface area contributed by atoms with Gasteiger partial charge in [0, 0.05) is 18.8 Å². The highest BCUT2D eigenvalue weighted by Gasteiger charge is 2.22. The molecule has 5 nitrogen and oxygen atoms in total. The summed E-state index contributed by atoms with van der Waals surface area (Å²) in [7, 11) is 0. The zero-order valence-electron chi connectivity index (χ0n) is 11.6. The molecule has 1 N–H and O–H groups in total. The number of para-hydroxylation sites is 1. The number of benzene rings is 1. The standard InChI is InChI=1S/C14H20N2O3/c1-4-15(10-13(17)18)14(19)16(5-2)12-9-7-6-8-11(12)3/h6-9H,4-5,10H2,1-3H3,(H,17,18). The van der Waals surface area contributed by atoms with Crippen LogP contribution in [-0.4, -0.2) is 41.6 Å². The molecule has 0 saturated heterocycles. The summed E-state index contributed by atoms with van der Waals surface area (Å²) in [6, 6.07) is 7.30. The average molecular weight is 264 g/mol. The number of urea groups is 1. The molecule has 0 radical (unpaired) electrons. The Balaban J connectivity index is 2.99. The Morgan fingerprint density at radius 3 is 2.26 bits per heavy atom. The normalized spacial score (nSPS) is 10.1.